The van der Waals surface area contributed by atoms with Crippen LogP contribution in [0.25, 0.3) is 0 Å². The first-order valence-corrected chi connectivity index (χ1v) is 7.70. The van der Waals surface area contributed by atoms with Gasteiger partial charge in [0.05, 0.1) is 12.7 Å². The third-order valence-electron chi connectivity index (χ3n) is 4.72. The Morgan fingerprint density at radius 3 is 2.60 bits per heavy atom. The molecule has 112 valence electrons. The van der Waals surface area contributed by atoms with Crippen molar-refractivity contribution in [2.24, 2.45) is 5.41 Å². The third kappa shape index (κ3) is 3.76. The zero-order valence-electron chi connectivity index (χ0n) is 13.3. The Balaban J connectivity index is 2.18. The van der Waals surface area contributed by atoms with Crippen molar-refractivity contribution in [1.82, 2.24) is 0 Å². The molecule has 1 atom stereocenters. The molecule has 1 aliphatic rings. The molecule has 0 aliphatic heterocycles. The fourth-order valence-corrected chi connectivity index (χ4v) is 3.29. The Bertz CT molecular complexity index is 464. The van der Waals surface area contributed by atoms with E-state index in [-0.39, 0.29) is 0 Å². The Morgan fingerprint density at radius 1 is 1.15 bits per heavy atom. The van der Waals surface area contributed by atoms with Crippen LogP contribution in [0.15, 0.2) is 18.2 Å². The molecule has 2 rings (SSSR count). The molecular weight excluding hydrogens is 248 g/mol. The lowest BCUT2D eigenvalue weighted by Crippen LogP contribution is -2.31. The zero-order chi connectivity index (χ0) is 14.8. The monoisotopic (exact) mass is 276 g/mol. The van der Waals surface area contributed by atoms with Gasteiger partial charge >= 0.3 is 0 Å². The summed E-state index contributed by atoms with van der Waals surface area (Å²) in [6, 6.07) is 6.21. The van der Waals surface area contributed by atoms with Crippen LogP contribution in [0.4, 0.5) is 0 Å². The van der Waals surface area contributed by atoms with Crippen LogP contribution in [-0.2, 0) is 6.42 Å². The van der Waals surface area contributed by atoms with Crippen molar-refractivity contribution in [1.29, 1.82) is 0 Å². The number of aliphatic hydroxyl groups is 1. The molecule has 1 N–H and O–H groups in total. The van der Waals surface area contributed by atoms with E-state index in [1.165, 1.54) is 12.0 Å². The van der Waals surface area contributed by atoms with E-state index in [0.717, 1.165) is 37.0 Å². The summed E-state index contributed by atoms with van der Waals surface area (Å²) in [5.41, 5.74) is 2.14. The normalized spacial score (nSPS) is 26.1. The highest BCUT2D eigenvalue weighted by Crippen LogP contribution is 2.40. The van der Waals surface area contributed by atoms with Gasteiger partial charge in [0, 0.05) is 6.42 Å². The molecule has 0 amide bonds. The molecule has 0 saturated heterocycles. The molecule has 1 aromatic carbocycles. The van der Waals surface area contributed by atoms with E-state index < -0.39 is 5.60 Å². The summed E-state index contributed by atoms with van der Waals surface area (Å²) in [6.45, 7) is 6.71. The summed E-state index contributed by atoms with van der Waals surface area (Å²) >= 11 is 0. The first kappa shape index (κ1) is 15.4. The lowest BCUT2D eigenvalue weighted by atomic mass is 9.82. The fraction of sp³-hybridized carbons (Fsp3) is 0.667. The second kappa shape index (κ2) is 5.77. The van der Waals surface area contributed by atoms with Crippen molar-refractivity contribution in [2.45, 2.75) is 64.9 Å². The summed E-state index contributed by atoms with van der Waals surface area (Å²) < 4.78 is 5.45. The minimum absolute atomic E-state index is 0.362. The van der Waals surface area contributed by atoms with Gasteiger partial charge in [-0.2, -0.15) is 0 Å². The van der Waals surface area contributed by atoms with Gasteiger partial charge in [-0.05, 0) is 49.7 Å². The largest absolute Gasteiger partial charge is 0.496 e. The second-order valence-corrected chi connectivity index (χ2v) is 7.23. The van der Waals surface area contributed by atoms with E-state index in [0.29, 0.717) is 11.8 Å². The van der Waals surface area contributed by atoms with Gasteiger partial charge in [0.2, 0.25) is 0 Å². The van der Waals surface area contributed by atoms with E-state index >= 15 is 0 Å². The molecule has 0 bridgehead atoms. The molecule has 1 aromatic rings. The highest BCUT2D eigenvalue weighted by molar-refractivity contribution is 5.37. The number of hydrogen-bond acceptors (Lipinski definition) is 2. The van der Waals surface area contributed by atoms with Crippen molar-refractivity contribution in [3.63, 3.8) is 0 Å². The van der Waals surface area contributed by atoms with Gasteiger partial charge < -0.3 is 9.84 Å². The molecule has 0 heterocycles. The number of ether oxygens (including phenoxy) is 1. The molecule has 0 spiro atoms. The second-order valence-electron chi connectivity index (χ2n) is 7.23. The molecule has 0 aromatic heterocycles. The molecule has 1 fully saturated rings. The van der Waals surface area contributed by atoms with Crippen LogP contribution in [0.1, 0.15) is 57.1 Å². The molecule has 0 radical (unpaired) electrons. The maximum absolute atomic E-state index is 11.0. The zero-order valence-corrected chi connectivity index (χ0v) is 13.3. The SMILES string of the molecule is COc1ccc(C)cc1CC1(O)CCCC(C)(C)CC1. The Kier molecular flexibility index (Phi) is 4.43. The number of hydrogen-bond donors (Lipinski definition) is 1. The summed E-state index contributed by atoms with van der Waals surface area (Å²) in [5, 5.41) is 11.0. The minimum atomic E-state index is -0.575. The van der Waals surface area contributed by atoms with Gasteiger partial charge in [0.1, 0.15) is 5.75 Å². The van der Waals surface area contributed by atoms with Gasteiger partial charge in [-0.15, -0.1) is 0 Å². The smallest absolute Gasteiger partial charge is 0.122 e. The van der Waals surface area contributed by atoms with Crippen LogP contribution in [0.5, 0.6) is 5.75 Å². The van der Waals surface area contributed by atoms with Crippen molar-refractivity contribution < 1.29 is 9.84 Å². The fourth-order valence-electron chi connectivity index (χ4n) is 3.29. The van der Waals surface area contributed by atoms with Gasteiger partial charge in [-0.1, -0.05) is 38.0 Å². The van der Waals surface area contributed by atoms with Crippen LogP contribution < -0.4 is 4.74 Å². The lowest BCUT2D eigenvalue weighted by molar-refractivity contribution is 0.0221. The first-order valence-electron chi connectivity index (χ1n) is 7.70. The summed E-state index contributed by atoms with van der Waals surface area (Å²) in [7, 11) is 1.70. The number of rotatable bonds is 3. The third-order valence-corrected chi connectivity index (χ3v) is 4.72. The maximum atomic E-state index is 11.0. The minimum Gasteiger partial charge on any atom is -0.496 e. The van der Waals surface area contributed by atoms with Crippen molar-refractivity contribution in [3.8, 4) is 5.75 Å². The average Bonchev–Trinajstić information content (AvgIpc) is 2.49. The van der Waals surface area contributed by atoms with E-state index in [1.807, 2.05) is 6.07 Å². The molecule has 2 nitrogen and oxygen atoms in total. The maximum Gasteiger partial charge on any atom is 0.122 e. The van der Waals surface area contributed by atoms with Crippen molar-refractivity contribution in [3.05, 3.63) is 29.3 Å². The van der Waals surface area contributed by atoms with Gasteiger partial charge in [-0.3, -0.25) is 0 Å². The number of methoxy groups -OCH3 is 1. The van der Waals surface area contributed by atoms with Gasteiger partial charge in [0.15, 0.2) is 0 Å². The highest BCUT2D eigenvalue weighted by atomic mass is 16.5. The van der Waals surface area contributed by atoms with Crippen LogP contribution >= 0.6 is 0 Å². The first-order chi connectivity index (χ1) is 9.34. The molecular formula is C18H28O2. The highest BCUT2D eigenvalue weighted by Gasteiger charge is 2.34. The number of aryl methyl sites for hydroxylation is 1. The molecule has 1 aliphatic carbocycles. The summed E-state index contributed by atoms with van der Waals surface area (Å²) in [4.78, 5) is 0. The Morgan fingerprint density at radius 2 is 1.90 bits per heavy atom. The van der Waals surface area contributed by atoms with Gasteiger partial charge in [0.25, 0.3) is 0 Å². The topological polar surface area (TPSA) is 29.5 Å². The van der Waals surface area contributed by atoms with E-state index in [2.05, 4.69) is 32.9 Å². The average molecular weight is 276 g/mol. The molecule has 1 saturated carbocycles. The van der Waals surface area contributed by atoms with E-state index in [9.17, 15) is 5.11 Å². The Hall–Kier alpha value is -1.02. The van der Waals surface area contributed by atoms with Crippen LogP contribution in [-0.4, -0.2) is 17.8 Å². The van der Waals surface area contributed by atoms with Crippen molar-refractivity contribution >= 4 is 0 Å². The lowest BCUT2D eigenvalue weighted by Gasteiger charge is -2.28. The van der Waals surface area contributed by atoms with E-state index in [4.69, 9.17) is 4.74 Å². The number of benzene rings is 1. The molecule has 1 unspecified atom stereocenters. The Labute approximate surface area is 123 Å². The predicted molar refractivity (Wildman–Crippen MR) is 83.3 cm³/mol. The molecule has 20 heavy (non-hydrogen) atoms. The standard InChI is InChI=1S/C18H28O2/c1-14-6-7-16(20-4)15(12-14)13-18(19)9-5-8-17(2,3)10-11-18/h6-7,12,19H,5,8-11,13H2,1-4H3. The van der Waals surface area contributed by atoms with Gasteiger partial charge in [-0.25, -0.2) is 0 Å². The van der Waals surface area contributed by atoms with Crippen LogP contribution in [0.2, 0.25) is 0 Å². The summed E-state index contributed by atoms with van der Waals surface area (Å²) in [6.07, 6.45) is 5.90. The summed E-state index contributed by atoms with van der Waals surface area (Å²) in [5.74, 6) is 0.896. The molecule has 2 heteroatoms. The van der Waals surface area contributed by atoms with Crippen LogP contribution in [0.3, 0.4) is 0 Å². The predicted octanol–water partition coefficient (Wildman–Crippen LogP) is 4.27. The van der Waals surface area contributed by atoms with E-state index in [1.54, 1.807) is 7.11 Å². The van der Waals surface area contributed by atoms with Crippen molar-refractivity contribution in [2.75, 3.05) is 7.11 Å². The van der Waals surface area contributed by atoms with Crippen LogP contribution in [0, 0.1) is 12.3 Å². The quantitative estimate of drug-likeness (QED) is 0.836.